The van der Waals surface area contributed by atoms with Gasteiger partial charge < -0.3 is 10.7 Å². The summed E-state index contributed by atoms with van der Waals surface area (Å²) in [6.07, 6.45) is 2.68. The number of halogens is 1. The van der Waals surface area contributed by atoms with Gasteiger partial charge >= 0.3 is 0 Å². The Morgan fingerprint density at radius 2 is 2.15 bits per heavy atom. The summed E-state index contributed by atoms with van der Waals surface area (Å²) in [5, 5.41) is 1.02. The largest absolute Gasteiger partial charge is 0.399 e. The highest BCUT2D eigenvalue weighted by molar-refractivity contribution is 9.10. The maximum Gasteiger partial charge on any atom is 0.108 e. The smallest absolute Gasteiger partial charge is 0.108 e. The highest BCUT2D eigenvalue weighted by atomic mass is 79.9. The fourth-order valence-electron chi connectivity index (χ4n) is 1.90. The van der Waals surface area contributed by atoms with Gasteiger partial charge in [0.05, 0.1) is 16.1 Å². The molecule has 1 aromatic carbocycles. The molecule has 0 fully saturated rings. The van der Waals surface area contributed by atoms with Crippen molar-refractivity contribution in [1.29, 1.82) is 0 Å². The SMILES string of the molecule is Nc1ccc2nc(CCSc3ccc(Br)cn3)[nH]c2c1. The van der Waals surface area contributed by atoms with Crippen LogP contribution in [0, 0.1) is 0 Å². The molecule has 0 amide bonds. The van der Waals surface area contributed by atoms with Crippen molar-refractivity contribution in [3.63, 3.8) is 0 Å². The van der Waals surface area contributed by atoms with E-state index in [9.17, 15) is 0 Å². The first kappa shape index (κ1) is 13.5. The summed E-state index contributed by atoms with van der Waals surface area (Å²) >= 11 is 5.10. The molecular formula is C14H13BrN4S. The van der Waals surface area contributed by atoms with Crippen molar-refractivity contribution < 1.29 is 0 Å². The number of benzene rings is 1. The van der Waals surface area contributed by atoms with E-state index in [0.29, 0.717) is 0 Å². The predicted molar refractivity (Wildman–Crippen MR) is 86.9 cm³/mol. The van der Waals surface area contributed by atoms with Gasteiger partial charge in [-0.2, -0.15) is 0 Å². The Balaban J connectivity index is 1.63. The van der Waals surface area contributed by atoms with Crippen LogP contribution in [-0.4, -0.2) is 20.7 Å². The predicted octanol–water partition coefficient (Wildman–Crippen LogP) is 3.64. The van der Waals surface area contributed by atoms with Crippen LogP contribution in [0.2, 0.25) is 0 Å². The van der Waals surface area contributed by atoms with E-state index in [1.165, 1.54) is 0 Å². The van der Waals surface area contributed by atoms with Gasteiger partial charge in [-0.3, -0.25) is 0 Å². The van der Waals surface area contributed by atoms with E-state index in [0.717, 1.165) is 44.2 Å². The fourth-order valence-corrected chi connectivity index (χ4v) is 2.93. The number of anilines is 1. The minimum atomic E-state index is 0.751. The Labute approximate surface area is 129 Å². The molecule has 0 aliphatic heterocycles. The number of nitrogens with one attached hydrogen (secondary N) is 1. The van der Waals surface area contributed by atoms with Gasteiger partial charge in [0.2, 0.25) is 0 Å². The molecule has 4 nitrogen and oxygen atoms in total. The fraction of sp³-hybridized carbons (Fsp3) is 0.143. The van der Waals surface area contributed by atoms with Gasteiger partial charge in [-0.25, -0.2) is 9.97 Å². The third-order valence-electron chi connectivity index (χ3n) is 2.84. The number of aromatic nitrogens is 3. The Morgan fingerprint density at radius 3 is 2.95 bits per heavy atom. The second kappa shape index (κ2) is 5.85. The molecule has 2 heterocycles. The Hall–Kier alpha value is -1.53. The van der Waals surface area contributed by atoms with Crippen LogP contribution in [0.5, 0.6) is 0 Å². The number of nitrogen functional groups attached to an aromatic ring is 1. The molecule has 102 valence electrons. The van der Waals surface area contributed by atoms with E-state index in [2.05, 4.69) is 30.9 Å². The minimum absolute atomic E-state index is 0.751. The van der Waals surface area contributed by atoms with E-state index in [-0.39, 0.29) is 0 Å². The van der Waals surface area contributed by atoms with Crippen molar-refractivity contribution in [3.8, 4) is 0 Å². The lowest BCUT2D eigenvalue weighted by Gasteiger charge is -1.99. The molecule has 0 saturated carbocycles. The lowest BCUT2D eigenvalue weighted by Crippen LogP contribution is -1.91. The number of nitrogens with two attached hydrogens (primary N) is 1. The lowest BCUT2D eigenvalue weighted by atomic mass is 10.3. The molecule has 0 aliphatic carbocycles. The summed E-state index contributed by atoms with van der Waals surface area (Å²) in [6, 6.07) is 9.73. The molecule has 2 aromatic heterocycles. The highest BCUT2D eigenvalue weighted by Crippen LogP contribution is 2.20. The van der Waals surface area contributed by atoms with Crippen molar-refractivity contribution >= 4 is 44.4 Å². The zero-order valence-corrected chi connectivity index (χ0v) is 13.0. The Kier molecular flexibility index (Phi) is 3.93. The van der Waals surface area contributed by atoms with Gasteiger partial charge in [-0.15, -0.1) is 11.8 Å². The van der Waals surface area contributed by atoms with Crippen LogP contribution < -0.4 is 5.73 Å². The number of rotatable bonds is 4. The zero-order valence-electron chi connectivity index (χ0n) is 10.6. The maximum atomic E-state index is 5.76. The maximum absolute atomic E-state index is 5.76. The highest BCUT2D eigenvalue weighted by Gasteiger charge is 2.04. The molecule has 0 atom stereocenters. The second-order valence-electron chi connectivity index (χ2n) is 4.37. The van der Waals surface area contributed by atoms with Crippen molar-refractivity contribution in [2.45, 2.75) is 11.4 Å². The molecule has 3 N–H and O–H groups in total. The molecule has 3 aromatic rings. The third-order valence-corrected chi connectivity index (χ3v) is 4.26. The topological polar surface area (TPSA) is 67.6 Å². The van der Waals surface area contributed by atoms with Crippen molar-refractivity contribution in [2.75, 3.05) is 11.5 Å². The number of nitrogens with zero attached hydrogens (tertiary/aromatic N) is 2. The third kappa shape index (κ3) is 3.13. The first-order valence-corrected chi connectivity index (χ1v) is 7.97. The van der Waals surface area contributed by atoms with Crippen molar-refractivity contribution in [2.24, 2.45) is 0 Å². The van der Waals surface area contributed by atoms with E-state index in [1.54, 1.807) is 11.8 Å². The molecule has 0 aliphatic rings. The summed E-state index contributed by atoms with van der Waals surface area (Å²) in [6.45, 7) is 0. The Morgan fingerprint density at radius 1 is 1.25 bits per heavy atom. The van der Waals surface area contributed by atoms with Crippen LogP contribution in [0.25, 0.3) is 11.0 Å². The van der Waals surface area contributed by atoms with E-state index >= 15 is 0 Å². The molecular weight excluding hydrogens is 336 g/mol. The van der Waals surface area contributed by atoms with Crippen molar-refractivity contribution in [1.82, 2.24) is 15.0 Å². The monoisotopic (exact) mass is 348 g/mol. The number of thioether (sulfide) groups is 1. The summed E-state index contributed by atoms with van der Waals surface area (Å²) in [4.78, 5) is 12.2. The number of hydrogen-bond donors (Lipinski definition) is 2. The molecule has 6 heteroatoms. The van der Waals surface area contributed by atoms with Crippen LogP contribution in [0.1, 0.15) is 5.82 Å². The van der Waals surface area contributed by atoms with E-state index in [4.69, 9.17) is 5.73 Å². The number of hydrogen-bond acceptors (Lipinski definition) is 4. The van der Waals surface area contributed by atoms with Gasteiger partial charge in [0.25, 0.3) is 0 Å². The summed E-state index contributed by atoms with van der Waals surface area (Å²) in [5.74, 6) is 1.92. The molecule has 0 saturated heterocycles. The van der Waals surface area contributed by atoms with Gasteiger partial charge in [0.1, 0.15) is 5.82 Å². The number of H-pyrrole nitrogens is 1. The van der Waals surface area contributed by atoms with Crippen molar-refractivity contribution in [3.05, 3.63) is 46.8 Å². The normalized spacial score (nSPS) is 11.1. The molecule has 20 heavy (non-hydrogen) atoms. The van der Waals surface area contributed by atoms with Crippen LogP contribution in [0.3, 0.4) is 0 Å². The van der Waals surface area contributed by atoms with E-state index < -0.39 is 0 Å². The van der Waals surface area contributed by atoms with Gasteiger partial charge in [0.15, 0.2) is 0 Å². The quantitative estimate of drug-likeness (QED) is 0.557. The number of aryl methyl sites for hydroxylation is 1. The Bertz CT molecular complexity index is 724. The number of fused-ring (bicyclic) bond motifs is 1. The zero-order chi connectivity index (χ0) is 13.9. The van der Waals surface area contributed by atoms with Crippen LogP contribution in [0.4, 0.5) is 5.69 Å². The molecule has 0 bridgehead atoms. The summed E-state index contributed by atoms with van der Waals surface area (Å²) < 4.78 is 0.997. The average Bonchev–Trinajstić information content (AvgIpc) is 2.83. The summed E-state index contributed by atoms with van der Waals surface area (Å²) in [5.41, 5.74) is 8.46. The first-order chi connectivity index (χ1) is 9.70. The second-order valence-corrected chi connectivity index (χ2v) is 6.40. The number of aromatic amines is 1. The van der Waals surface area contributed by atoms with Crippen LogP contribution in [-0.2, 0) is 6.42 Å². The molecule has 0 unspecified atom stereocenters. The average molecular weight is 349 g/mol. The minimum Gasteiger partial charge on any atom is -0.399 e. The molecule has 0 spiro atoms. The van der Waals surface area contributed by atoms with Gasteiger partial charge in [-0.05, 0) is 46.3 Å². The standard InChI is InChI=1S/C14H13BrN4S/c15-9-1-4-14(17-8-9)20-6-5-13-18-11-3-2-10(16)7-12(11)19-13/h1-4,7-8H,5-6,16H2,(H,18,19). The van der Waals surface area contributed by atoms with Crippen LogP contribution >= 0.6 is 27.7 Å². The van der Waals surface area contributed by atoms with Gasteiger partial charge in [-0.1, -0.05) is 0 Å². The van der Waals surface area contributed by atoms with Crippen LogP contribution in [0.15, 0.2) is 46.0 Å². The molecule has 3 rings (SSSR count). The number of imidazole rings is 1. The van der Waals surface area contributed by atoms with Gasteiger partial charge in [0, 0.05) is 28.5 Å². The first-order valence-electron chi connectivity index (χ1n) is 6.19. The molecule has 0 radical (unpaired) electrons. The lowest BCUT2D eigenvalue weighted by molar-refractivity contribution is 1.01. The summed E-state index contributed by atoms with van der Waals surface area (Å²) in [7, 11) is 0. The van der Waals surface area contributed by atoms with E-state index in [1.807, 2.05) is 36.5 Å². The number of pyridine rings is 1.